The van der Waals surface area contributed by atoms with Crippen molar-refractivity contribution in [1.29, 1.82) is 0 Å². The van der Waals surface area contributed by atoms with Crippen molar-refractivity contribution in [1.82, 2.24) is 4.90 Å². The van der Waals surface area contributed by atoms with Gasteiger partial charge in [-0.05, 0) is 27.7 Å². The Bertz CT molecular complexity index is 272. The van der Waals surface area contributed by atoms with E-state index < -0.39 is 17.8 Å². The molecule has 1 fully saturated rings. The number of carbonyl (C=O) groups is 2. The van der Waals surface area contributed by atoms with Crippen molar-refractivity contribution in [2.75, 3.05) is 13.1 Å². The zero-order chi connectivity index (χ0) is 12.3. The monoisotopic (exact) mass is 229 g/mol. The smallest absolute Gasteiger partial charge is 0.410 e. The first-order chi connectivity index (χ1) is 7.31. The van der Waals surface area contributed by atoms with E-state index in [0.29, 0.717) is 12.8 Å². The molecule has 1 rings (SSSR count). The second-order valence-corrected chi connectivity index (χ2v) is 5.01. The standard InChI is InChI=1S/C11H19NO4/c1-8-5-12(6-9(7-13)15-8)10(14)16-11(2,3)4/h7-9H,5-6H2,1-4H3/t8?,9-/m1/s1. The molecule has 16 heavy (non-hydrogen) atoms. The summed E-state index contributed by atoms with van der Waals surface area (Å²) in [6.45, 7) is 7.99. The van der Waals surface area contributed by atoms with Crippen LogP contribution in [0.4, 0.5) is 4.79 Å². The van der Waals surface area contributed by atoms with E-state index in [1.54, 1.807) is 0 Å². The van der Waals surface area contributed by atoms with Crippen LogP contribution in [0.2, 0.25) is 0 Å². The minimum absolute atomic E-state index is 0.142. The van der Waals surface area contributed by atoms with Crippen LogP contribution in [-0.4, -0.2) is 48.2 Å². The molecule has 1 amide bonds. The number of amides is 1. The molecule has 0 aliphatic carbocycles. The van der Waals surface area contributed by atoms with Crippen molar-refractivity contribution >= 4 is 12.4 Å². The summed E-state index contributed by atoms with van der Waals surface area (Å²) in [6, 6.07) is 0. The molecule has 0 aromatic carbocycles. The molecule has 1 aliphatic heterocycles. The molecule has 2 atom stereocenters. The van der Waals surface area contributed by atoms with Crippen LogP contribution in [0.3, 0.4) is 0 Å². The van der Waals surface area contributed by atoms with Gasteiger partial charge in [0.25, 0.3) is 0 Å². The number of nitrogens with zero attached hydrogens (tertiary/aromatic N) is 1. The highest BCUT2D eigenvalue weighted by Gasteiger charge is 2.30. The predicted octanol–water partition coefficient (Wildman–Crippen LogP) is 1.21. The van der Waals surface area contributed by atoms with Crippen molar-refractivity contribution in [2.45, 2.75) is 45.5 Å². The van der Waals surface area contributed by atoms with Gasteiger partial charge >= 0.3 is 6.09 Å². The first-order valence-electron chi connectivity index (χ1n) is 5.40. The van der Waals surface area contributed by atoms with E-state index in [0.717, 1.165) is 0 Å². The largest absolute Gasteiger partial charge is 0.444 e. The van der Waals surface area contributed by atoms with Crippen molar-refractivity contribution in [3.05, 3.63) is 0 Å². The summed E-state index contributed by atoms with van der Waals surface area (Å²) in [4.78, 5) is 23.9. The zero-order valence-corrected chi connectivity index (χ0v) is 10.2. The first-order valence-corrected chi connectivity index (χ1v) is 5.40. The average molecular weight is 229 g/mol. The normalized spacial score (nSPS) is 26.4. The van der Waals surface area contributed by atoms with Gasteiger partial charge in [0.2, 0.25) is 0 Å². The molecule has 5 nitrogen and oxygen atoms in total. The number of aldehydes is 1. The Balaban J connectivity index is 2.58. The molecular weight excluding hydrogens is 210 g/mol. The van der Waals surface area contributed by atoms with E-state index in [9.17, 15) is 9.59 Å². The first kappa shape index (κ1) is 13.0. The lowest BCUT2D eigenvalue weighted by Gasteiger charge is -2.35. The fourth-order valence-electron chi connectivity index (χ4n) is 1.54. The lowest BCUT2D eigenvalue weighted by atomic mass is 10.2. The highest BCUT2D eigenvalue weighted by Crippen LogP contribution is 2.15. The van der Waals surface area contributed by atoms with E-state index in [1.165, 1.54) is 4.90 Å². The van der Waals surface area contributed by atoms with E-state index >= 15 is 0 Å². The highest BCUT2D eigenvalue weighted by atomic mass is 16.6. The maximum atomic E-state index is 11.8. The van der Waals surface area contributed by atoms with Gasteiger partial charge in [0.1, 0.15) is 11.7 Å². The van der Waals surface area contributed by atoms with Gasteiger partial charge in [0, 0.05) is 0 Å². The van der Waals surface area contributed by atoms with Gasteiger partial charge < -0.3 is 19.2 Å². The molecule has 0 radical (unpaired) electrons. The third kappa shape index (κ3) is 3.81. The Kier molecular flexibility index (Phi) is 3.91. The van der Waals surface area contributed by atoms with Crippen molar-refractivity contribution in [3.8, 4) is 0 Å². The van der Waals surface area contributed by atoms with Crippen molar-refractivity contribution in [2.24, 2.45) is 0 Å². The SMILES string of the molecule is CC1CN(C(=O)OC(C)(C)C)C[C@H](C=O)O1. The molecule has 1 unspecified atom stereocenters. The molecule has 0 N–H and O–H groups in total. The van der Waals surface area contributed by atoms with Gasteiger partial charge in [-0.15, -0.1) is 0 Å². The summed E-state index contributed by atoms with van der Waals surface area (Å²) in [7, 11) is 0. The van der Waals surface area contributed by atoms with Crippen LogP contribution in [0, 0.1) is 0 Å². The fraction of sp³-hybridized carbons (Fsp3) is 0.818. The molecule has 1 heterocycles. The predicted molar refractivity (Wildman–Crippen MR) is 58.2 cm³/mol. The topological polar surface area (TPSA) is 55.8 Å². The molecular formula is C11H19NO4. The van der Waals surface area contributed by atoms with Crippen LogP contribution < -0.4 is 0 Å². The molecule has 1 aliphatic rings. The summed E-state index contributed by atoms with van der Waals surface area (Å²) in [5, 5.41) is 0. The van der Waals surface area contributed by atoms with Crippen LogP contribution >= 0.6 is 0 Å². The lowest BCUT2D eigenvalue weighted by Crippen LogP contribution is -2.51. The quantitative estimate of drug-likeness (QED) is 0.634. The van der Waals surface area contributed by atoms with Gasteiger partial charge in [-0.3, -0.25) is 0 Å². The number of carbonyl (C=O) groups excluding carboxylic acids is 2. The average Bonchev–Trinajstić information content (AvgIpc) is 2.14. The van der Waals surface area contributed by atoms with Crippen LogP contribution in [0.1, 0.15) is 27.7 Å². The highest BCUT2D eigenvalue weighted by molar-refractivity contribution is 5.69. The molecule has 5 heteroatoms. The second kappa shape index (κ2) is 4.82. The fourth-order valence-corrected chi connectivity index (χ4v) is 1.54. The van der Waals surface area contributed by atoms with E-state index in [-0.39, 0.29) is 12.6 Å². The van der Waals surface area contributed by atoms with Crippen LogP contribution in [0.25, 0.3) is 0 Å². The zero-order valence-electron chi connectivity index (χ0n) is 10.2. The van der Waals surface area contributed by atoms with Crippen molar-refractivity contribution in [3.63, 3.8) is 0 Å². The van der Waals surface area contributed by atoms with Gasteiger partial charge in [0.15, 0.2) is 6.29 Å². The summed E-state index contributed by atoms with van der Waals surface area (Å²) >= 11 is 0. The maximum Gasteiger partial charge on any atom is 0.410 e. The van der Waals surface area contributed by atoms with Crippen LogP contribution in [-0.2, 0) is 14.3 Å². The number of ether oxygens (including phenoxy) is 2. The van der Waals surface area contributed by atoms with Crippen LogP contribution in [0.15, 0.2) is 0 Å². The van der Waals surface area contributed by atoms with E-state index in [2.05, 4.69) is 0 Å². The molecule has 0 aromatic heterocycles. The van der Waals surface area contributed by atoms with E-state index in [4.69, 9.17) is 9.47 Å². The number of morpholine rings is 1. The van der Waals surface area contributed by atoms with Gasteiger partial charge in [-0.2, -0.15) is 0 Å². The summed E-state index contributed by atoms with van der Waals surface area (Å²) < 4.78 is 10.6. The Labute approximate surface area is 95.7 Å². The Hall–Kier alpha value is -1.10. The minimum atomic E-state index is -0.545. The van der Waals surface area contributed by atoms with Crippen LogP contribution in [0.5, 0.6) is 0 Å². The summed E-state index contributed by atoms with van der Waals surface area (Å²) in [6.07, 6.45) is -0.366. The minimum Gasteiger partial charge on any atom is -0.444 e. The molecule has 0 saturated carbocycles. The second-order valence-electron chi connectivity index (χ2n) is 5.01. The summed E-state index contributed by atoms with van der Waals surface area (Å²) in [5.41, 5.74) is -0.519. The number of rotatable bonds is 1. The summed E-state index contributed by atoms with van der Waals surface area (Å²) in [5.74, 6) is 0. The number of hydrogen-bond acceptors (Lipinski definition) is 4. The van der Waals surface area contributed by atoms with Gasteiger partial charge in [0.05, 0.1) is 19.2 Å². The Morgan fingerprint density at radius 3 is 2.56 bits per heavy atom. The number of hydrogen-bond donors (Lipinski definition) is 0. The maximum absolute atomic E-state index is 11.8. The third-order valence-corrected chi connectivity index (χ3v) is 2.09. The molecule has 0 spiro atoms. The van der Waals surface area contributed by atoms with Crippen molar-refractivity contribution < 1.29 is 19.1 Å². The third-order valence-electron chi connectivity index (χ3n) is 2.09. The van der Waals surface area contributed by atoms with E-state index in [1.807, 2.05) is 27.7 Å². The molecule has 0 bridgehead atoms. The Morgan fingerprint density at radius 2 is 2.06 bits per heavy atom. The molecule has 0 aromatic rings. The molecule has 1 saturated heterocycles. The van der Waals surface area contributed by atoms with Gasteiger partial charge in [-0.1, -0.05) is 0 Å². The van der Waals surface area contributed by atoms with Gasteiger partial charge in [-0.25, -0.2) is 4.79 Å². The Morgan fingerprint density at radius 1 is 1.44 bits per heavy atom. The lowest BCUT2D eigenvalue weighted by molar-refractivity contribution is -0.130. The molecule has 92 valence electrons.